The monoisotopic (exact) mass is 542 g/mol. The minimum absolute atomic E-state index is 0.00183. The van der Waals surface area contributed by atoms with Gasteiger partial charge >= 0.3 is 0 Å². The number of carbonyl (C=O) groups excluding carboxylic acids is 1. The van der Waals surface area contributed by atoms with Gasteiger partial charge in [-0.05, 0) is 41.5 Å². The van der Waals surface area contributed by atoms with Crippen LogP contribution in [-0.4, -0.2) is 22.9 Å². The fourth-order valence-electron chi connectivity index (χ4n) is 4.52. The highest BCUT2D eigenvalue weighted by atomic mass is 32.2. The van der Waals surface area contributed by atoms with E-state index >= 15 is 0 Å². The number of carbonyl (C=O) groups is 1. The van der Waals surface area contributed by atoms with Gasteiger partial charge < -0.3 is 25.1 Å². The third-order valence-corrected chi connectivity index (χ3v) is 7.89. The van der Waals surface area contributed by atoms with E-state index in [2.05, 4.69) is 12.2 Å². The van der Waals surface area contributed by atoms with Crippen molar-refractivity contribution in [3.8, 4) is 0 Å². The summed E-state index contributed by atoms with van der Waals surface area (Å²) < 4.78 is 13.8. The Morgan fingerprint density at radius 2 is 1.62 bits per heavy atom. The molecule has 1 amide bonds. The summed E-state index contributed by atoms with van der Waals surface area (Å²) in [5.74, 6) is 0.397. The molecule has 0 radical (unpaired) electrons. The lowest BCUT2D eigenvalue weighted by atomic mass is 9.91. The van der Waals surface area contributed by atoms with Gasteiger partial charge in [0.1, 0.15) is 0 Å². The summed E-state index contributed by atoms with van der Waals surface area (Å²) in [5.41, 5.74) is 3.91. The van der Waals surface area contributed by atoms with E-state index in [0.29, 0.717) is 22.0 Å². The maximum Gasteiger partial charge on any atom is 0.255 e. The Bertz CT molecular complexity index is 1380. The van der Waals surface area contributed by atoms with Crippen molar-refractivity contribution >= 4 is 23.4 Å². The van der Waals surface area contributed by atoms with Gasteiger partial charge in [-0.2, -0.15) is 4.73 Å². The molecule has 2 N–H and O–H groups in total. The lowest BCUT2D eigenvalue weighted by Gasteiger charge is -2.41. The zero-order chi connectivity index (χ0) is 27.2. The van der Waals surface area contributed by atoms with E-state index in [9.17, 15) is 15.1 Å². The van der Waals surface area contributed by atoms with Crippen LogP contribution >= 0.6 is 11.8 Å². The molecule has 0 saturated carbocycles. The van der Waals surface area contributed by atoms with Gasteiger partial charge in [0.15, 0.2) is 12.5 Å². The molecule has 0 bridgehead atoms. The maximum atomic E-state index is 12.5. The van der Waals surface area contributed by atoms with E-state index in [1.165, 1.54) is 18.0 Å². The molecule has 39 heavy (non-hydrogen) atoms. The Morgan fingerprint density at radius 3 is 2.31 bits per heavy atom. The highest BCUT2D eigenvalue weighted by Gasteiger charge is 2.38. The Morgan fingerprint density at radius 1 is 0.923 bits per heavy atom. The molecule has 1 fully saturated rings. The van der Waals surface area contributed by atoms with Crippen molar-refractivity contribution in [2.75, 3.05) is 11.1 Å². The number of amides is 1. The number of hydrogen-bond acceptors (Lipinski definition) is 6. The number of aliphatic hydroxyl groups excluding tert-OH is 1. The molecular weight excluding hydrogens is 512 g/mol. The van der Waals surface area contributed by atoms with Crippen LogP contribution in [0.4, 0.5) is 5.69 Å². The molecule has 4 unspecified atom stereocenters. The van der Waals surface area contributed by atoms with E-state index in [1.807, 2.05) is 72.8 Å². The van der Waals surface area contributed by atoms with Gasteiger partial charge in [-0.25, -0.2) is 0 Å². The number of thioether (sulfide) groups is 1. The third kappa shape index (κ3) is 6.49. The number of nitrogens with zero attached hydrogens (tertiary/aromatic N) is 1. The first-order chi connectivity index (χ1) is 19.0. The lowest BCUT2D eigenvalue weighted by molar-refractivity contribution is -0.645. The summed E-state index contributed by atoms with van der Waals surface area (Å²) in [6, 6.07) is 29.6. The summed E-state index contributed by atoms with van der Waals surface area (Å²) >= 11 is 1.45. The maximum absolute atomic E-state index is 12.5. The zero-order valence-electron chi connectivity index (χ0n) is 21.5. The second-order valence-electron chi connectivity index (χ2n) is 9.44. The van der Waals surface area contributed by atoms with Crippen LogP contribution in [0.5, 0.6) is 0 Å². The first-order valence-corrected chi connectivity index (χ1v) is 13.8. The van der Waals surface area contributed by atoms with Crippen molar-refractivity contribution in [3.63, 3.8) is 0 Å². The van der Waals surface area contributed by atoms with Crippen molar-refractivity contribution in [3.05, 3.63) is 131 Å². The Labute approximate surface area is 232 Å². The van der Waals surface area contributed by atoms with Gasteiger partial charge in [-0.3, -0.25) is 4.79 Å². The number of benzene rings is 3. The lowest BCUT2D eigenvalue weighted by Crippen LogP contribution is -2.39. The summed E-state index contributed by atoms with van der Waals surface area (Å²) in [6.07, 6.45) is 0.398. The van der Waals surface area contributed by atoms with Gasteiger partial charge in [0.25, 0.3) is 10.9 Å². The van der Waals surface area contributed by atoms with Crippen LogP contribution in [0.3, 0.4) is 0 Å². The normalized spacial score (nSPS) is 20.9. The SMILES string of the molecule is CC1C(CSc2cccc[n+]2[O-])OC(c2ccc(NC(=O)c3ccccc3)cc2)OC1c1ccc(CO)cc1. The molecule has 2 heterocycles. The Kier molecular flexibility index (Phi) is 8.58. The molecule has 5 rings (SSSR count). The van der Waals surface area contributed by atoms with E-state index in [1.54, 1.807) is 24.3 Å². The summed E-state index contributed by atoms with van der Waals surface area (Å²) in [7, 11) is 0. The molecule has 4 aromatic rings. The first-order valence-electron chi connectivity index (χ1n) is 12.8. The number of aromatic nitrogens is 1. The van der Waals surface area contributed by atoms with E-state index < -0.39 is 6.29 Å². The van der Waals surface area contributed by atoms with Crippen LogP contribution in [0, 0.1) is 11.1 Å². The van der Waals surface area contributed by atoms with Gasteiger partial charge in [-0.1, -0.05) is 73.3 Å². The predicted molar refractivity (Wildman–Crippen MR) is 150 cm³/mol. The average Bonchev–Trinajstić information content (AvgIpc) is 2.98. The fourth-order valence-corrected chi connectivity index (χ4v) is 5.60. The van der Waals surface area contributed by atoms with Gasteiger partial charge in [-0.15, -0.1) is 0 Å². The predicted octanol–water partition coefficient (Wildman–Crippen LogP) is 5.65. The topological polar surface area (TPSA) is 94.7 Å². The number of hydrogen-bond donors (Lipinski definition) is 2. The van der Waals surface area contributed by atoms with E-state index in [0.717, 1.165) is 21.4 Å². The molecule has 1 aromatic heterocycles. The molecule has 4 atom stereocenters. The van der Waals surface area contributed by atoms with Crippen LogP contribution in [0.1, 0.15) is 46.4 Å². The van der Waals surface area contributed by atoms with Gasteiger partial charge in [0.2, 0.25) is 0 Å². The molecule has 1 aliphatic rings. The molecule has 8 heteroatoms. The van der Waals surface area contributed by atoms with Crippen molar-refractivity contribution in [1.82, 2.24) is 0 Å². The number of rotatable bonds is 8. The van der Waals surface area contributed by atoms with Gasteiger partial charge in [0, 0.05) is 40.6 Å². The second kappa shape index (κ2) is 12.4. The highest BCUT2D eigenvalue weighted by Crippen LogP contribution is 2.43. The number of pyridine rings is 1. The minimum Gasteiger partial charge on any atom is -0.618 e. The molecule has 1 aliphatic heterocycles. The molecule has 1 saturated heterocycles. The first kappa shape index (κ1) is 26.9. The quantitative estimate of drug-likeness (QED) is 0.170. The van der Waals surface area contributed by atoms with Crippen molar-refractivity contribution in [2.45, 2.75) is 37.1 Å². The van der Waals surface area contributed by atoms with Crippen LogP contribution in [0.15, 0.2) is 108 Å². The van der Waals surface area contributed by atoms with E-state index in [4.69, 9.17) is 9.47 Å². The Hall–Kier alpha value is -3.69. The van der Waals surface area contributed by atoms with Crippen LogP contribution < -0.4 is 10.0 Å². The molecule has 0 aliphatic carbocycles. The Balaban J connectivity index is 1.35. The summed E-state index contributed by atoms with van der Waals surface area (Å²) in [6.45, 7) is 2.07. The van der Waals surface area contributed by atoms with Crippen molar-refractivity contribution in [1.29, 1.82) is 0 Å². The highest BCUT2D eigenvalue weighted by molar-refractivity contribution is 7.99. The smallest absolute Gasteiger partial charge is 0.255 e. The van der Waals surface area contributed by atoms with Crippen molar-refractivity contribution < 1.29 is 24.1 Å². The standard InChI is InChI=1S/C31H30N2O5S/c1-21-27(20-39-28-9-5-6-18-33(28)36)37-31(38-29(21)23-12-10-22(19-34)11-13-23)25-14-16-26(17-15-25)32-30(35)24-7-3-2-4-8-24/h2-18,21,27,29,31,34H,19-20H2,1H3,(H,32,35). The number of aliphatic hydroxyl groups is 1. The summed E-state index contributed by atoms with van der Waals surface area (Å²) in [4.78, 5) is 12.5. The molecule has 200 valence electrons. The van der Waals surface area contributed by atoms with Crippen molar-refractivity contribution in [2.24, 2.45) is 5.92 Å². The number of anilines is 1. The zero-order valence-corrected chi connectivity index (χ0v) is 22.3. The molecular formula is C31H30N2O5S. The third-order valence-electron chi connectivity index (χ3n) is 6.78. The average molecular weight is 543 g/mol. The molecule has 0 spiro atoms. The van der Waals surface area contributed by atoms with Crippen LogP contribution in [0.2, 0.25) is 0 Å². The van der Waals surface area contributed by atoms with Crippen LogP contribution in [-0.2, 0) is 16.1 Å². The molecule has 3 aromatic carbocycles. The summed E-state index contributed by atoms with van der Waals surface area (Å²) in [5, 5.41) is 25.2. The molecule has 7 nitrogen and oxygen atoms in total. The largest absolute Gasteiger partial charge is 0.618 e. The van der Waals surface area contributed by atoms with Crippen LogP contribution in [0.25, 0.3) is 0 Å². The second-order valence-corrected chi connectivity index (χ2v) is 10.5. The fraction of sp³-hybridized carbons (Fsp3) is 0.226. The number of ether oxygens (including phenoxy) is 2. The number of nitrogens with one attached hydrogen (secondary N) is 1. The minimum atomic E-state index is -0.636. The van der Waals surface area contributed by atoms with E-state index in [-0.39, 0.29) is 30.6 Å². The van der Waals surface area contributed by atoms with Gasteiger partial charge in [0.05, 0.1) is 18.8 Å².